The second-order valence-electron chi connectivity index (χ2n) is 6.84. The summed E-state index contributed by atoms with van der Waals surface area (Å²) in [4.78, 5) is 7.01. The molecule has 0 spiro atoms. The number of aromatic nitrogens is 1. The maximum Gasteiger partial charge on any atom is 0.107 e. The number of benzene rings is 1. The van der Waals surface area contributed by atoms with E-state index in [1.54, 1.807) is 11.3 Å². The van der Waals surface area contributed by atoms with Crippen LogP contribution in [-0.2, 0) is 13.1 Å². The minimum atomic E-state index is 0.741. The molecule has 5 heteroatoms. The van der Waals surface area contributed by atoms with Crippen molar-refractivity contribution in [3.05, 3.63) is 51.4 Å². The van der Waals surface area contributed by atoms with Gasteiger partial charge in [0.2, 0.25) is 0 Å². The van der Waals surface area contributed by atoms with E-state index in [0.717, 1.165) is 43.0 Å². The summed E-state index contributed by atoms with van der Waals surface area (Å²) in [5.41, 5.74) is 7.14. The van der Waals surface area contributed by atoms with Crippen molar-refractivity contribution in [2.45, 2.75) is 38.8 Å². The Morgan fingerprint density at radius 3 is 2.42 bits per heavy atom. The van der Waals surface area contributed by atoms with Gasteiger partial charge >= 0.3 is 0 Å². The van der Waals surface area contributed by atoms with Gasteiger partial charge in [-0.05, 0) is 61.8 Å². The fourth-order valence-corrected chi connectivity index (χ4v) is 4.35. The largest absolute Gasteiger partial charge is 0.330 e. The number of thiazole rings is 1. The topological polar surface area (TPSA) is 42.1 Å². The first kappa shape index (κ1) is 17.9. The van der Waals surface area contributed by atoms with E-state index < -0.39 is 0 Å². The molecule has 0 radical (unpaired) electrons. The van der Waals surface area contributed by atoms with Crippen LogP contribution in [0.2, 0.25) is 5.02 Å². The summed E-state index contributed by atoms with van der Waals surface area (Å²) >= 11 is 7.75. The van der Waals surface area contributed by atoms with Crippen molar-refractivity contribution in [1.29, 1.82) is 0 Å². The van der Waals surface area contributed by atoms with Gasteiger partial charge in [-0.3, -0.25) is 4.90 Å². The summed E-state index contributed by atoms with van der Waals surface area (Å²) in [5.74, 6) is 1.52. The van der Waals surface area contributed by atoms with Crippen LogP contribution in [0.25, 0.3) is 0 Å². The van der Waals surface area contributed by atoms with E-state index in [-0.39, 0.29) is 0 Å². The van der Waals surface area contributed by atoms with Gasteiger partial charge < -0.3 is 5.73 Å². The Kier molecular flexibility index (Phi) is 6.67. The van der Waals surface area contributed by atoms with Crippen LogP contribution < -0.4 is 5.73 Å². The van der Waals surface area contributed by atoms with Crippen LogP contribution in [0.3, 0.4) is 0 Å². The summed E-state index contributed by atoms with van der Waals surface area (Å²) in [7, 11) is 0. The van der Waals surface area contributed by atoms with Crippen molar-refractivity contribution in [3.8, 4) is 0 Å². The normalized spacial score (nSPS) is 21.3. The van der Waals surface area contributed by atoms with Crippen molar-refractivity contribution in [2.75, 3.05) is 13.1 Å². The molecule has 3 rings (SSSR count). The molecular weight excluding hydrogens is 338 g/mol. The molecule has 0 amide bonds. The fourth-order valence-electron chi connectivity index (χ4n) is 3.57. The van der Waals surface area contributed by atoms with Crippen LogP contribution in [0.4, 0.5) is 0 Å². The molecule has 130 valence electrons. The third kappa shape index (κ3) is 5.28. The molecule has 1 saturated carbocycles. The molecule has 1 fully saturated rings. The van der Waals surface area contributed by atoms with E-state index in [0.29, 0.717) is 0 Å². The zero-order valence-electron chi connectivity index (χ0n) is 14.0. The lowest BCUT2D eigenvalue weighted by molar-refractivity contribution is 0.170. The van der Waals surface area contributed by atoms with Gasteiger partial charge in [0.1, 0.15) is 5.01 Å². The monoisotopic (exact) mass is 363 g/mol. The lowest BCUT2D eigenvalue weighted by atomic mass is 9.82. The molecule has 1 aliphatic carbocycles. The van der Waals surface area contributed by atoms with Crippen molar-refractivity contribution in [2.24, 2.45) is 17.6 Å². The van der Waals surface area contributed by atoms with Crippen LogP contribution >= 0.6 is 22.9 Å². The van der Waals surface area contributed by atoms with Crippen LogP contribution in [0.5, 0.6) is 0 Å². The molecule has 2 N–H and O–H groups in total. The van der Waals surface area contributed by atoms with Crippen LogP contribution in [0.15, 0.2) is 35.8 Å². The first-order valence-corrected chi connectivity index (χ1v) is 10.0. The second kappa shape index (κ2) is 8.95. The Morgan fingerprint density at radius 1 is 1.08 bits per heavy atom. The molecule has 1 aromatic heterocycles. The quantitative estimate of drug-likeness (QED) is 0.783. The van der Waals surface area contributed by atoms with E-state index in [1.807, 2.05) is 18.3 Å². The molecule has 1 heterocycles. The lowest BCUT2D eigenvalue weighted by Crippen LogP contribution is -2.32. The Bertz CT molecular complexity index is 592. The summed E-state index contributed by atoms with van der Waals surface area (Å²) < 4.78 is 0. The first-order valence-electron chi connectivity index (χ1n) is 8.78. The van der Waals surface area contributed by atoms with Crippen molar-refractivity contribution in [3.63, 3.8) is 0 Å². The number of hydrogen-bond acceptors (Lipinski definition) is 4. The van der Waals surface area contributed by atoms with Crippen molar-refractivity contribution < 1.29 is 0 Å². The second-order valence-corrected chi connectivity index (χ2v) is 8.26. The van der Waals surface area contributed by atoms with Gasteiger partial charge in [-0.2, -0.15) is 0 Å². The number of halogens is 1. The van der Waals surface area contributed by atoms with Gasteiger partial charge in [-0.15, -0.1) is 11.3 Å². The van der Waals surface area contributed by atoms with E-state index in [9.17, 15) is 0 Å². The Morgan fingerprint density at radius 2 is 1.79 bits per heavy atom. The molecular formula is C19H26ClN3S. The minimum Gasteiger partial charge on any atom is -0.330 e. The van der Waals surface area contributed by atoms with E-state index in [4.69, 9.17) is 17.3 Å². The van der Waals surface area contributed by atoms with E-state index >= 15 is 0 Å². The summed E-state index contributed by atoms with van der Waals surface area (Å²) in [5, 5.41) is 4.05. The number of nitrogens with two attached hydrogens (primary N) is 1. The Hall–Kier alpha value is -0.940. The SMILES string of the molecule is NCC1CCC(CN(Cc2ccc(Cl)cc2)Cc2nccs2)CC1. The number of hydrogen-bond donors (Lipinski definition) is 1. The number of rotatable bonds is 7. The van der Waals surface area contributed by atoms with E-state index in [2.05, 4.69) is 27.4 Å². The van der Waals surface area contributed by atoms with Crippen LogP contribution in [0.1, 0.15) is 36.3 Å². The fraction of sp³-hybridized carbons (Fsp3) is 0.526. The highest BCUT2D eigenvalue weighted by molar-refractivity contribution is 7.09. The zero-order chi connectivity index (χ0) is 16.8. The smallest absolute Gasteiger partial charge is 0.107 e. The van der Waals surface area contributed by atoms with Gasteiger partial charge in [-0.25, -0.2) is 4.98 Å². The molecule has 1 aromatic carbocycles. The van der Waals surface area contributed by atoms with Gasteiger partial charge in [0.25, 0.3) is 0 Å². The average Bonchev–Trinajstić information content (AvgIpc) is 3.10. The first-order chi connectivity index (χ1) is 11.7. The highest BCUT2D eigenvalue weighted by Gasteiger charge is 2.22. The van der Waals surface area contributed by atoms with Gasteiger partial charge in [0.15, 0.2) is 0 Å². The van der Waals surface area contributed by atoms with Crippen LogP contribution in [-0.4, -0.2) is 23.0 Å². The molecule has 1 aliphatic rings. The Labute approximate surface area is 153 Å². The summed E-state index contributed by atoms with van der Waals surface area (Å²) in [6.07, 6.45) is 7.07. The third-order valence-corrected chi connectivity index (χ3v) is 5.99. The predicted octanol–water partition coefficient (Wildman–Crippen LogP) is 4.56. The average molecular weight is 364 g/mol. The highest BCUT2D eigenvalue weighted by Crippen LogP contribution is 2.29. The molecule has 2 aromatic rings. The lowest BCUT2D eigenvalue weighted by Gasteiger charge is -2.32. The predicted molar refractivity (Wildman–Crippen MR) is 102 cm³/mol. The Balaban J connectivity index is 1.62. The molecule has 24 heavy (non-hydrogen) atoms. The minimum absolute atomic E-state index is 0.741. The molecule has 3 nitrogen and oxygen atoms in total. The third-order valence-electron chi connectivity index (χ3n) is 4.98. The molecule has 0 atom stereocenters. The zero-order valence-corrected chi connectivity index (χ0v) is 15.6. The highest BCUT2D eigenvalue weighted by atomic mass is 35.5. The summed E-state index contributed by atoms with van der Waals surface area (Å²) in [6, 6.07) is 8.21. The van der Waals surface area contributed by atoms with Crippen LogP contribution in [0, 0.1) is 11.8 Å². The molecule has 0 bridgehead atoms. The number of nitrogens with zero attached hydrogens (tertiary/aromatic N) is 2. The van der Waals surface area contributed by atoms with Gasteiger partial charge in [-0.1, -0.05) is 23.7 Å². The maximum absolute atomic E-state index is 6.01. The van der Waals surface area contributed by atoms with E-state index in [1.165, 1.54) is 36.3 Å². The molecule has 0 aliphatic heterocycles. The maximum atomic E-state index is 6.01. The molecule has 0 saturated heterocycles. The van der Waals surface area contributed by atoms with Gasteiger partial charge in [0, 0.05) is 29.7 Å². The van der Waals surface area contributed by atoms with Gasteiger partial charge in [0.05, 0.1) is 6.54 Å². The summed E-state index contributed by atoms with van der Waals surface area (Å²) in [6.45, 7) is 3.87. The van der Waals surface area contributed by atoms with Crippen molar-refractivity contribution >= 4 is 22.9 Å². The molecule has 0 unspecified atom stereocenters. The standard InChI is InChI=1S/C19H26ClN3S/c20-18-7-5-17(6-8-18)13-23(14-19-22-9-10-24-19)12-16-3-1-15(11-21)2-4-16/h5-10,15-16H,1-4,11-14,21H2. The van der Waals surface area contributed by atoms with Crippen molar-refractivity contribution in [1.82, 2.24) is 9.88 Å².